The van der Waals surface area contributed by atoms with Gasteiger partial charge in [-0.1, -0.05) is 72.8 Å². The fourth-order valence-electron chi connectivity index (χ4n) is 2.98. The van der Waals surface area contributed by atoms with Gasteiger partial charge in [0.05, 0.1) is 0 Å². The molecule has 0 aliphatic rings. The van der Waals surface area contributed by atoms with Crippen LogP contribution in [0.2, 0.25) is 0 Å². The van der Waals surface area contributed by atoms with E-state index in [9.17, 15) is 10.2 Å². The van der Waals surface area contributed by atoms with E-state index in [0.29, 0.717) is 11.1 Å². The molecule has 2 N–H and O–H groups in total. The molecule has 0 aliphatic heterocycles. The smallest absolute Gasteiger partial charge is 0.217 e. The summed E-state index contributed by atoms with van der Waals surface area (Å²) < 4.78 is 0. The molecule has 0 unspecified atom stereocenters. The first-order valence-corrected chi connectivity index (χ1v) is 7.58. The molecule has 0 heterocycles. The van der Waals surface area contributed by atoms with E-state index >= 15 is 0 Å². The standard InChI is InChI=1S/C21H16O2/c22-21(23,19-11-9-15-5-1-3-7-17(15)13-19)20-12-10-16-6-2-4-8-18(16)14-20/h1-14,22-23H. The Labute approximate surface area is 134 Å². The minimum absolute atomic E-state index is 0.464. The van der Waals surface area contributed by atoms with E-state index in [4.69, 9.17) is 0 Å². The zero-order valence-electron chi connectivity index (χ0n) is 12.5. The van der Waals surface area contributed by atoms with Crippen molar-refractivity contribution in [1.82, 2.24) is 0 Å². The van der Waals surface area contributed by atoms with E-state index in [0.717, 1.165) is 21.5 Å². The Morgan fingerprint density at radius 1 is 0.478 bits per heavy atom. The van der Waals surface area contributed by atoms with Crippen molar-refractivity contribution >= 4 is 21.5 Å². The van der Waals surface area contributed by atoms with Crippen LogP contribution in [0.4, 0.5) is 0 Å². The highest BCUT2D eigenvalue weighted by Crippen LogP contribution is 2.31. The van der Waals surface area contributed by atoms with Crippen molar-refractivity contribution in [1.29, 1.82) is 0 Å². The van der Waals surface area contributed by atoms with Crippen LogP contribution in [0, 0.1) is 0 Å². The van der Waals surface area contributed by atoms with Gasteiger partial charge in [-0.15, -0.1) is 0 Å². The molecule has 0 fully saturated rings. The van der Waals surface area contributed by atoms with Crippen LogP contribution in [0.15, 0.2) is 84.9 Å². The highest BCUT2D eigenvalue weighted by Gasteiger charge is 2.28. The molecular weight excluding hydrogens is 284 g/mol. The summed E-state index contributed by atoms with van der Waals surface area (Å²) in [6.07, 6.45) is 0. The summed E-state index contributed by atoms with van der Waals surface area (Å²) in [5.74, 6) is -2.02. The molecule has 0 aliphatic carbocycles. The molecule has 0 saturated heterocycles. The topological polar surface area (TPSA) is 40.5 Å². The summed E-state index contributed by atoms with van der Waals surface area (Å²) in [4.78, 5) is 0. The van der Waals surface area contributed by atoms with E-state index in [2.05, 4.69) is 0 Å². The second kappa shape index (κ2) is 5.20. The third kappa shape index (κ3) is 2.38. The van der Waals surface area contributed by atoms with Crippen molar-refractivity contribution in [3.05, 3.63) is 96.1 Å². The van der Waals surface area contributed by atoms with Crippen LogP contribution in [-0.2, 0) is 5.79 Å². The monoisotopic (exact) mass is 300 g/mol. The zero-order valence-corrected chi connectivity index (χ0v) is 12.5. The fourth-order valence-corrected chi connectivity index (χ4v) is 2.98. The lowest BCUT2D eigenvalue weighted by molar-refractivity contribution is -0.131. The van der Waals surface area contributed by atoms with E-state index < -0.39 is 5.79 Å². The predicted molar refractivity (Wildman–Crippen MR) is 93.1 cm³/mol. The molecule has 4 aromatic carbocycles. The van der Waals surface area contributed by atoms with Gasteiger partial charge in [0.2, 0.25) is 5.79 Å². The molecular formula is C21H16O2. The number of aliphatic hydroxyl groups is 2. The molecule has 0 amide bonds. The van der Waals surface area contributed by atoms with Gasteiger partial charge < -0.3 is 10.2 Å². The largest absolute Gasteiger partial charge is 0.358 e. The normalized spacial score (nSPS) is 11.9. The van der Waals surface area contributed by atoms with Gasteiger partial charge in [0.25, 0.3) is 0 Å². The van der Waals surface area contributed by atoms with Crippen molar-refractivity contribution in [2.24, 2.45) is 0 Å². The maximum atomic E-state index is 10.7. The Kier molecular flexibility index (Phi) is 3.15. The maximum absolute atomic E-state index is 10.7. The summed E-state index contributed by atoms with van der Waals surface area (Å²) in [5.41, 5.74) is 0.929. The molecule has 4 aromatic rings. The average Bonchev–Trinajstić information content (AvgIpc) is 2.61. The van der Waals surface area contributed by atoms with Gasteiger partial charge in [0.15, 0.2) is 0 Å². The van der Waals surface area contributed by atoms with Gasteiger partial charge >= 0.3 is 0 Å². The van der Waals surface area contributed by atoms with E-state index in [-0.39, 0.29) is 0 Å². The summed E-state index contributed by atoms with van der Waals surface area (Å²) in [5, 5.41) is 25.6. The molecule has 0 aromatic heterocycles. The quantitative estimate of drug-likeness (QED) is 0.545. The first-order valence-electron chi connectivity index (χ1n) is 7.58. The lowest BCUT2D eigenvalue weighted by atomic mass is 9.93. The third-order valence-corrected chi connectivity index (χ3v) is 4.30. The summed E-state index contributed by atoms with van der Waals surface area (Å²) >= 11 is 0. The molecule has 2 heteroatoms. The average molecular weight is 300 g/mol. The van der Waals surface area contributed by atoms with Crippen LogP contribution in [-0.4, -0.2) is 10.2 Å². The number of rotatable bonds is 2. The van der Waals surface area contributed by atoms with Crippen molar-refractivity contribution in [2.75, 3.05) is 0 Å². The number of benzene rings is 4. The molecule has 2 nitrogen and oxygen atoms in total. The van der Waals surface area contributed by atoms with Crippen LogP contribution < -0.4 is 0 Å². The number of fused-ring (bicyclic) bond motifs is 2. The Balaban J connectivity index is 1.85. The summed E-state index contributed by atoms with van der Waals surface area (Å²) in [6, 6.07) is 26.8. The van der Waals surface area contributed by atoms with Gasteiger partial charge in [-0.05, 0) is 33.7 Å². The minimum atomic E-state index is -2.02. The van der Waals surface area contributed by atoms with Gasteiger partial charge in [-0.2, -0.15) is 0 Å². The van der Waals surface area contributed by atoms with Gasteiger partial charge in [0, 0.05) is 11.1 Å². The second-order valence-corrected chi connectivity index (χ2v) is 5.80. The van der Waals surface area contributed by atoms with Crippen molar-refractivity contribution < 1.29 is 10.2 Å². The molecule has 23 heavy (non-hydrogen) atoms. The molecule has 0 bridgehead atoms. The van der Waals surface area contributed by atoms with Gasteiger partial charge in [-0.25, -0.2) is 0 Å². The second-order valence-electron chi connectivity index (χ2n) is 5.80. The van der Waals surface area contributed by atoms with Crippen molar-refractivity contribution in [3.8, 4) is 0 Å². The Hall–Kier alpha value is -2.68. The molecule has 0 saturated carbocycles. The van der Waals surface area contributed by atoms with Crippen molar-refractivity contribution in [3.63, 3.8) is 0 Å². The van der Waals surface area contributed by atoms with Crippen LogP contribution >= 0.6 is 0 Å². The Morgan fingerprint density at radius 2 is 0.870 bits per heavy atom. The lowest BCUT2D eigenvalue weighted by Crippen LogP contribution is -2.26. The minimum Gasteiger partial charge on any atom is -0.358 e. The third-order valence-electron chi connectivity index (χ3n) is 4.30. The SMILES string of the molecule is OC(O)(c1ccc2ccccc2c1)c1ccc2ccccc2c1. The van der Waals surface area contributed by atoms with Crippen LogP contribution in [0.25, 0.3) is 21.5 Å². The van der Waals surface area contributed by atoms with Crippen LogP contribution in [0.5, 0.6) is 0 Å². The van der Waals surface area contributed by atoms with E-state index in [1.54, 1.807) is 12.1 Å². The molecule has 0 radical (unpaired) electrons. The Morgan fingerprint density at radius 3 is 1.30 bits per heavy atom. The predicted octanol–water partition coefficient (Wildman–Crippen LogP) is 4.18. The molecule has 112 valence electrons. The highest BCUT2D eigenvalue weighted by molar-refractivity contribution is 5.84. The van der Waals surface area contributed by atoms with Crippen LogP contribution in [0.3, 0.4) is 0 Å². The highest BCUT2D eigenvalue weighted by atomic mass is 16.5. The number of hydrogen-bond acceptors (Lipinski definition) is 2. The van der Waals surface area contributed by atoms with Gasteiger partial charge in [-0.3, -0.25) is 0 Å². The van der Waals surface area contributed by atoms with Gasteiger partial charge in [0.1, 0.15) is 0 Å². The van der Waals surface area contributed by atoms with E-state index in [1.807, 2.05) is 72.8 Å². The lowest BCUT2D eigenvalue weighted by Gasteiger charge is -2.23. The summed E-state index contributed by atoms with van der Waals surface area (Å²) in [7, 11) is 0. The molecule has 4 rings (SSSR count). The first-order chi connectivity index (χ1) is 11.1. The maximum Gasteiger partial charge on any atom is 0.217 e. The Bertz CT molecular complexity index is 921. The molecule has 0 atom stereocenters. The zero-order chi connectivity index (χ0) is 15.9. The first kappa shape index (κ1) is 13.9. The molecule has 0 spiro atoms. The summed E-state index contributed by atoms with van der Waals surface area (Å²) in [6.45, 7) is 0. The van der Waals surface area contributed by atoms with E-state index in [1.165, 1.54) is 0 Å². The van der Waals surface area contributed by atoms with Crippen LogP contribution in [0.1, 0.15) is 11.1 Å². The van der Waals surface area contributed by atoms with Crippen molar-refractivity contribution in [2.45, 2.75) is 5.79 Å². The fraction of sp³-hybridized carbons (Fsp3) is 0.0476. The number of hydrogen-bond donors (Lipinski definition) is 2.